The zero-order valence-corrected chi connectivity index (χ0v) is 19.6. The van der Waals surface area contributed by atoms with Crippen molar-refractivity contribution in [1.29, 1.82) is 0 Å². The van der Waals surface area contributed by atoms with Gasteiger partial charge in [0.05, 0.1) is 15.9 Å². The molecule has 1 aromatic rings. The van der Waals surface area contributed by atoms with Gasteiger partial charge >= 0.3 is 12.2 Å². The average Bonchev–Trinajstić information content (AvgIpc) is 2.70. The van der Waals surface area contributed by atoms with Crippen molar-refractivity contribution < 1.29 is 24.0 Å². The van der Waals surface area contributed by atoms with E-state index in [0.29, 0.717) is 30.1 Å². The van der Waals surface area contributed by atoms with Gasteiger partial charge in [0.15, 0.2) is 5.82 Å². The number of carbonyl (C=O) groups excluding carboxylic acids is 3. The highest BCUT2D eigenvalue weighted by Crippen LogP contribution is 2.30. The first kappa shape index (κ1) is 25.2. The minimum Gasteiger partial charge on any atom is -0.392 e. The number of aromatic nitrogens is 1. The number of nitrogens with one attached hydrogen (secondary N) is 2. The van der Waals surface area contributed by atoms with E-state index in [4.69, 9.17) is 21.2 Å². The average molecular weight is 467 g/mol. The van der Waals surface area contributed by atoms with E-state index in [1.165, 1.54) is 11.1 Å². The molecular formula is C21H29ClN5O5+. The zero-order valence-electron chi connectivity index (χ0n) is 18.8. The van der Waals surface area contributed by atoms with Crippen molar-refractivity contribution in [3.05, 3.63) is 28.2 Å². The molecule has 10 nitrogen and oxygen atoms in total. The highest BCUT2D eigenvalue weighted by Gasteiger charge is 2.38. The van der Waals surface area contributed by atoms with Crippen LogP contribution < -0.4 is 10.8 Å². The summed E-state index contributed by atoms with van der Waals surface area (Å²) in [5.74, 6) is -0.460. The number of hydrogen-bond donors (Lipinski definition) is 2. The highest BCUT2D eigenvalue weighted by atomic mass is 35.5. The molecule has 0 bridgehead atoms. The molecule has 1 fully saturated rings. The van der Waals surface area contributed by atoms with Crippen LogP contribution in [-0.2, 0) is 14.4 Å². The van der Waals surface area contributed by atoms with Crippen LogP contribution in [0.15, 0.2) is 18.3 Å². The molecule has 1 unspecified atom stereocenters. The maximum atomic E-state index is 12.4. The SMILES string of the molecule is CN(C)C(=O)[C@H]1CC[C@H](NC(=O)ONc2ccc(Cl)cn2)C(C#[N+]C(=O)OC(C)(C)C)C1. The number of ether oxygens (including phenoxy) is 1. The molecule has 32 heavy (non-hydrogen) atoms. The Hall–Kier alpha value is -3.06. The Bertz CT molecular complexity index is 889. The molecule has 3 atom stereocenters. The maximum absolute atomic E-state index is 12.4. The second kappa shape index (κ2) is 11.0. The molecule has 1 aromatic heterocycles. The molecule has 0 aromatic carbocycles. The van der Waals surface area contributed by atoms with Crippen LogP contribution in [0, 0.1) is 17.9 Å². The normalized spacial score (nSPS) is 20.2. The summed E-state index contributed by atoms with van der Waals surface area (Å²) in [6.07, 6.45) is 1.31. The Morgan fingerprint density at radius 2 is 1.97 bits per heavy atom. The maximum Gasteiger partial charge on any atom is 0.728 e. The van der Waals surface area contributed by atoms with E-state index in [1.54, 1.807) is 47.0 Å². The molecule has 174 valence electrons. The minimum absolute atomic E-state index is 0.0226. The fourth-order valence-corrected chi connectivity index (χ4v) is 3.32. The zero-order chi connectivity index (χ0) is 23.9. The van der Waals surface area contributed by atoms with Crippen LogP contribution in [0.3, 0.4) is 0 Å². The Labute approximate surface area is 192 Å². The van der Waals surface area contributed by atoms with E-state index in [-0.39, 0.29) is 11.8 Å². The Morgan fingerprint density at radius 3 is 2.56 bits per heavy atom. The molecule has 2 N–H and O–H groups in total. The number of rotatable bonds is 4. The van der Waals surface area contributed by atoms with Crippen molar-refractivity contribution >= 4 is 35.5 Å². The lowest BCUT2D eigenvalue weighted by molar-refractivity contribution is -0.134. The van der Waals surface area contributed by atoms with Gasteiger partial charge in [-0.1, -0.05) is 11.6 Å². The van der Waals surface area contributed by atoms with Crippen molar-refractivity contribution in [2.24, 2.45) is 11.8 Å². The van der Waals surface area contributed by atoms with Crippen molar-refractivity contribution in [2.45, 2.75) is 51.7 Å². The van der Waals surface area contributed by atoms with Crippen molar-refractivity contribution in [1.82, 2.24) is 15.2 Å². The summed E-state index contributed by atoms with van der Waals surface area (Å²) in [4.78, 5) is 50.9. The summed E-state index contributed by atoms with van der Waals surface area (Å²) in [6.45, 7) is 5.20. The molecule has 1 saturated carbocycles. The molecular weight excluding hydrogens is 438 g/mol. The number of anilines is 1. The number of pyridine rings is 1. The molecule has 11 heteroatoms. The fourth-order valence-electron chi connectivity index (χ4n) is 3.21. The van der Waals surface area contributed by atoms with Gasteiger partial charge in [-0.25, -0.2) is 9.78 Å². The number of carbonyl (C=O) groups is 3. The van der Waals surface area contributed by atoms with Gasteiger partial charge < -0.3 is 19.8 Å². The minimum atomic E-state index is -0.782. The first-order valence-electron chi connectivity index (χ1n) is 10.2. The second-order valence-electron chi connectivity index (χ2n) is 8.67. The first-order chi connectivity index (χ1) is 14.9. The van der Waals surface area contributed by atoms with Crippen molar-refractivity contribution in [3.63, 3.8) is 0 Å². The van der Waals surface area contributed by atoms with E-state index >= 15 is 0 Å². The van der Waals surface area contributed by atoms with Gasteiger partial charge in [-0.05, 0) is 52.2 Å². The third-order valence-corrected chi connectivity index (χ3v) is 4.86. The molecule has 1 heterocycles. The number of amides is 3. The van der Waals surface area contributed by atoms with Gasteiger partial charge in [0.2, 0.25) is 5.91 Å². The van der Waals surface area contributed by atoms with Crippen LogP contribution in [0.2, 0.25) is 5.02 Å². The van der Waals surface area contributed by atoms with E-state index in [9.17, 15) is 14.4 Å². The first-order valence-corrected chi connectivity index (χ1v) is 10.6. The van der Waals surface area contributed by atoms with Gasteiger partial charge in [0, 0.05) is 26.2 Å². The smallest absolute Gasteiger partial charge is 0.392 e. The molecule has 0 spiro atoms. The van der Waals surface area contributed by atoms with Crippen LogP contribution >= 0.6 is 11.6 Å². The highest BCUT2D eigenvalue weighted by molar-refractivity contribution is 6.30. The van der Waals surface area contributed by atoms with E-state index in [1.807, 2.05) is 0 Å². The lowest BCUT2D eigenvalue weighted by Gasteiger charge is -2.31. The van der Waals surface area contributed by atoms with Crippen LogP contribution in [0.4, 0.5) is 15.4 Å². The fraction of sp³-hybridized carbons (Fsp3) is 0.571. The van der Waals surface area contributed by atoms with Crippen LogP contribution in [0.1, 0.15) is 40.0 Å². The molecule has 1 aliphatic carbocycles. The molecule has 0 saturated heterocycles. The summed E-state index contributed by atoms with van der Waals surface area (Å²) in [5.41, 5.74) is 1.74. The van der Waals surface area contributed by atoms with Crippen LogP contribution in [-0.4, -0.2) is 53.7 Å². The predicted octanol–water partition coefficient (Wildman–Crippen LogP) is 3.93. The Kier molecular flexibility index (Phi) is 8.66. The Balaban J connectivity index is 2.05. The second-order valence-corrected chi connectivity index (χ2v) is 9.11. The van der Waals surface area contributed by atoms with E-state index < -0.39 is 29.7 Å². The quantitative estimate of drug-likeness (QED) is 0.646. The third kappa shape index (κ3) is 8.23. The van der Waals surface area contributed by atoms with Crippen molar-refractivity contribution in [3.8, 4) is 6.07 Å². The number of nitrogens with zero attached hydrogens (tertiary/aromatic N) is 3. The summed E-state index contributed by atoms with van der Waals surface area (Å²) >= 11 is 5.77. The van der Waals surface area contributed by atoms with E-state index in [2.05, 4.69) is 26.7 Å². The number of hydrogen-bond acceptors (Lipinski definition) is 7. The van der Waals surface area contributed by atoms with E-state index in [0.717, 1.165) is 0 Å². The molecule has 0 aliphatic heterocycles. The van der Waals surface area contributed by atoms with Crippen molar-refractivity contribution in [2.75, 3.05) is 19.6 Å². The lowest BCUT2D eigenvalue weighted by Crippen LogP contribution is -2.46. The van der Waals surface area contributed by atoms with Gasteiger partial charge in [0.25, 0.3) is 6.07 Å². The molecule has 3 amide bonds. The van der Waals surface area contributed by atoms with Gasteiger partial charge in [-0.15, -0.1) is 0 Å². The summed E-state index contributed by atoms with van der Waals surface area (Å²) < 4.78 is 5.17. The van der Waals surface area contributed by atoms with Gasteiger partial charge in [-0.2, -0.15) is 10.3 Å². The summed E-state index contributed by atoms with van der Waals surface area (Å²) in [7, 11) is 3.38. The Morgan fingerprint density at radius 1 is 1.25 bits per heavy atom. The molecule has 1 aliphatic rings. The largest absolute Gasteiger partial charge is 0.728 e. The summed E-state index contributed by atoms with van der Waals surface area (Å²) in [6, 6.07) is 5.48. The van der Waals surface area contributed by atoms with Crippen LogP contribution in [0.25, 0.3) is 4.85 Å². The monoisotopic (exact) mass is 466 g/mol. The topological polar surface area (TPSA) is 114 Å². The van der Waals surface area contributed by atoms with Crippen LogP contribution in [0.5, 0.6) is 0 Å². The molecule has 0 radical (unpaired) electrons. The van der Waals surface area contributed by atoms with Gasteiger partial charge in [-0.3, -0.25) is 4.79 Å². The summed E-state index contributed by atoms with van der Waals surface area (Å²) in [5, 5.41) is 3.18. The lowest BCUT2D eigenvalue weighted by atomic mass is 9.78. The standard InChI is InChI=1S/C21H28ClN5O5/c1-21(2,3)31-19(29)24-11-14-10-13(18(28)27(4)5)6-8-16(14)25-20(30)32-26-17-9-7-15(22)12-23-17/h7,9,12-14,16H,6,8,10H2,1-5H3,(H-,23,25,26,30)/p+1/t13-,14?,16-/m0/s1. The van der Waals surface area contributed by atoms with Gasteiger partial charge in [0.1, 0.15) is 11.5 Å². The molecule has 2 rings (SSSR count). The number of halogens is 1. The predicted molar refractivity (Wildman–Crippen MR) is 119 cm³/mol. The third-order valence-electron chi connectivity index (χ3n) is 4.63.